The quantitative estimate of drug-likeness (QED) is 0.820. The lowest BCUT2D eigenvalue weighted by Gasteiger charge is -2.04. The van der Waals surface area contributed by atoms with E-state index in [4.69, 9.17) is 22.6 Å². The SMILES string of the molecule is Cn1c(-c2ccccc2Cl)nc(C#N)c1N. The van der Waals surface area contributed by atoms with Crippen molar-refractivity contribution in [2.45, 2.75) is 0 Å². The van der Waals surface area contributed by atoms with Crippen molar-refractivity contribution in [1.29, 1.82) is 5.26 Å². The van der Waals surface area contributed by atoms with Gasteiger partial charge in [-0.05, 0) is 12.1 Å². The maximum absolute atomic E-state index is 8.83. The van der Waals surface area contributed by atoms with Crippen molar-refractivity contribution >= 4 is 17.4 Å². The summed E-state index contributed by atoms with van der Waals surface area (Å²) in [4.78, 5) is 4.15. The fourth-order valence-electron chi connectivity index (χ4n) is 1.48. The third kappa shape index (κ3) is 1.51. The van der Waals surface area contributed by atoms with Gasteiger partial charge in [0, 0.05) is 12.6 Å². The molecule has 0 radical (unpaired) electrons. The van der Waals surface area contributed by atoms with E-state index >= 15 is 0 Å². The van der Waals surface area contributed by atoms with Gasteiger partial charge in [0.05, 0.1) is 5.02 Å². The van der Waals surface area contributed by atoms with E-state index in [0.29, 0.717) is 16.7 Å². The molecule has 4 nitrogen and oxygen atoms in total. The largest absolute Gasteiger partial charge is 0.383 e. The van der Waals surface area contributed by atoms with Crippen LogP contribution in [0.3, 0.4) is 0 Å². The fraction of sp³-hybridized carbons (Fsp3) is 0.0909. The molecule has 0 aliphatic carbocycles. The van der Waals surface area contributed by atoms with Crippen LogP contribution in [-0.4, -0.2) is 9.55 Å². The molecule has 0 unspecified atom stereocenters. The molecule has 0 aliphatic heterocycles. The third-order valence-corrected chi connectivity index (χ3v) is 2.69. The number of hydrogen-bond donors (Lipinski definition) is 1. The molecule has 2 N–H and O–H groups in total. The number of hydrogen-bond acceptors (Lipinski definition) is 3. The maximum Gasteiger partial charge on any atom is 0.183 e. The molecule has 0 fully saturated rings. The first-order chi connectivity index (χ1) is 7.65. The molecule has 2 rings (SSSR count). The van der Waals surface area contributed by atoms with Gasteiger partial charge in [0.25, 0.3) is 0 Å². The van der Waals surface area contributed by atoms with Crippen LogP contribution in [0.15, 0.2) is 24.3 Å². The molecular formula is C11H9ClN4. The number of aromatic nitrogens is 2. The molecule has 5 heteroatoms. The average molecular weight is 233 g/mol. The Kier molecular flexibility index (Phi) is 2.55. The summed E-state index contributed by atoms with van der Waals surface area (Å²) < 4.78 is 1.65. The third-order valence-electron chi connectivity index (χ3n) is 2.36. The minimum absolute atomic E-state index is 0.220. The monoisotopic (exact) mass is 232 g/mol. The topological polar surface area (TPSA) is 67.6 Å². The van der Waals surface area contributed by atoms with E-state index in [9.17, 15) is 0 Å². The first-order valence-electron chi connectivity index (χ1n) is 4.62. The molecule has 0 atom stereocenters. The molecule has 0 spiro atoms. The number of nitrogens with zero attached hydrogens (tertiary/aromatic N) is 3. The van der Waals surface area contributed by atoms with Gasteiger partial charge in [0.2, 0.25) is 0 Å². The van der Waals surface area contributed by atoms with Gasteiger partial charge in [-0.1, -0.05) is 23.7 Å². The molecule has 1 aromatic carbocycles. The first kappa shape index (κ1) is 10.5. The summed E-state index contributed by atoms with van der Waals surface area (Å²) in [5.74, 6) is 0.942. The summed E-state index contributed by atoms with van der Waals surface area (Å²) >= 11 is 6.06. The number of nitrogens with two attached hydrogens (primary N) is 1. The first-order valence-corrected chi connectivity index (χ1v) is 5.00. The normalized spacial score (nSPS) is 10.1. The number of benzene rings is 1. The van der Waals surface area contributed by atoms with Crippen LogP contribution in [0.5, 0.6) is 0 Å². The number of halogens is 1. The van der Waals surface area contributed by atoms with Crippen molar-refractivity contribution in [3.05, 3.63) is 35.0 Å². The summed E-state index contributed by atoms with van der Waals surface area (Å²) in [6.07, 6.45) is 0. The lowest BCUT2D eigenvalue weighted by Crippen LogP contribution is -1.99. The lowest BCUT2D eigenvalue weighted by atomic mass is 10.2. The van der Waals surface area contributed by atoms with Gasteiger partial charge in [0.1, 0.15) is 17.7 Å². The van der Waals surface area contributed by atoms with Gasteiger partial charge in [-0.25, -0.2) is 4.98 Å². The predicted molar refractivity (Wildman–Crippen MR) is 62.8 cm³/mol. The highest BCUT2D eigenvalue weighted by Gasteiger charge is 2.14. The Hall–Kier alpha value is -1.99. The predicted octanol–water partition coefficient (Wildman–Crippen LogP) is 2.19. The molecule has 16 heavy (non-hydrogen) atoms. The standard InChI is InChI=1S/C11H9ClN4/c1-16-10(14)9(6-13)15-11(16)7-4-2-3-5-8(7)12/h2-5H,14H2,1H3. The molecule has 0 bridgehead atoms. The molecule has 80 valence electrons. The zero-order chi connectivity index (χ0) is 11.7. The number of anilines is 1. The average Bonchev–Trinajstić information content (AvgIpc) is 2.57. The number of rotatable bonds is 1. The maximum atomic E-state index is 8.83. The van der Waals surface area contributed by atoms with Crippen molar-refractivity contribution in [2.24, 2.45) is 7.05 Å². The van der Waals surface area contributed by atoms with Gasteiger partial charge in [0.15, 0.2) is 5.69 Å². The number of nitrogen functional groups attached to an aromatic ring is 1. The van der Waals surface area contributed by atoms with E-state index in [-0.39, 0.29) is 5.69 Å². The molecule has 0 amide bonds. The van der Waals surface area contributed by atoms with E-state index in [0.717, 1.165) is 5.56 Å². The van der Waals surface area contributed by atoms with Gasteiger partial charge in [-0.3, -0.25) is 0 Å². The van der Waals surface area contributed by atoms with Crippen molar-refractivity contribution in [2.75, 3.05) is 5.73 Å². The summed E-state index contributed by atoms with van der Waals surface area (Å²) in [7, 11) is 1.75. The van der Waals surface area contributed by atoms with Crippen molar-refractivity contribution in [3.8, 4) is 17.5 Å². The van der Waals surface area contributed by atoms with Crippen molar-refractivity contribution in [3.63, 3.8) is 0 Å². The summed E-state index contributed by atoms with van der Waals surface area (Å²) in [6, 6.07) is 9.25. The summed E-state index contributed by atoms with van der Waals surface area (Å²) in [5.41, 5.74) is 6.72. The molecule has 0 saturated carbocycles. The molecule has 1 aromatic heterocycles. The van der Waals surface area contributed by atoms with Crippen LogP contribution in [0, 0.1) is 11.3 Å². The van der Waals surface area contributed by atoms with E-state index in [1.807, 2.05) is 24.3 Å². The molecule has 0 saturated heterocycles. The van der Waals surface area contributed by atoms with E-state index in [1.165, 1.54) is 0 Å². The van der Waals surface area contributed by atoms with Crippen LogP contribution in [0.25, 0.3) is 11.4 Å². The Labute approximate surface area is 97.9 Å². The highest BCUT2D eigenvalue weighted by molar-refractivity contribution is 6.33. The summed E-state index contributed by atoms with van der Waals surface area (Å²) in [5, 5.41) is 9.42. The van der Waals surface area contributed by atoms with Crippen LogP contribution in [0.1, 0.15) is 5.69 Å². The second-order valence-corrected chi connectivity index (χ2v) is 3.73. The van der Waals surface area contributed by atoms with Crippen LogP contribution in [0.4, 0.5) is 5.82 Å². The van der Waals surface area contributed by atoms with Crippen LogP contribution >= 0.6 is 11.6 Å². The smallest absolute Gasteiger partial charge is 0.183 e. The summed E-state index contributed by atoms with van der Waals surface area (Å²) in [6.45, 7) is 0. The molecule has 1 heterocycles. The lowest BCUT2D eigenvalue weighted by molar-refractivity contribution is 0.936. The Bertz CT molecular complexity index is 580. The Morgan fingerprint density at radius 3 is 2.69 bits per heavy atom. The Balaban J connectivity index is 2.67. The molecule has 2 aromatic rings. The Morgan fingerprint density at radius 1 is 1.44 bits per heavy atom. The van der Waals surface area contributed by atoms with Crippen molar-refractivity contribution in [1.82, 2.24) is 9.55 Å². The van der Waals surface area contributed by atoms with Crippen LogP contribution in [-0.2, 0) is 7.05 Å². The van der Waals surface area contributed by atoms with Crippen LogP contribution in [0.2, 0.25) is 5.02 Å². The fourth-order valence-corrected chi connectivity index (χ4v) is 1.70. The molecule has 0 aliphatic rings. The molecular weight excluding hydrogens is 224 g/mol. The van der Waals surface area contributed by atoms with E-state index in [2.05, 4.69) is 4.98 Å². The van der Waals surface area contributed by atoms with E-state index in [1.54, 1.807) is 17.7 Å². The van der Waals surface area contributed by atoms with Gasteiger partial charge in [-0.2, -0.15) is 5.26 Å². The highest BCUT2D eigenvalue weighted by atomic mass is 35.5. The minimum Gasteiger partial charge on any atom is -0.383 e. The van der Waals surface area contributed by atoms with Crippen LogP contribution < -0.4 is 5.73 Å². The second-order valence-electron chi connectivity index (χ2n) is 3.32. The zero-order valence-electron chi connectivity index (χ0n) is 8.61. The Morgan fingerprint density at radius 2 is 2.12 bits per heavy atom. The van der Waals surface area contributed by atoms with E-state index < -0.39 is 0 Å². The highest BCUT2D eigenvalue weighted by Crippen LogP contribution is 2.28. The minimum atomic E-state index is 0.220. The second kappa shape index (κ2) is 3.87. The number of imidazole rings is 1. The van der Waals surface area contributed by atoms with Gasteiger partial charge >= 0.3 is 0 Å². The van der Waals surface area contributed by atoms with Gasteiger partial charge < -0.3 is 10.3 Å². The van der Waals surface area contributed by atoms with Gasteiger partial charge in [-0.15, -0.1) is 0 Å². The zero-order valence-corrected chi connectivity index (χ0v) is 9.36. The number of nitriles is 1. The van der Waals surface area contributed by atoms with Crippen molar-refractivity contribution < 1.29 is 0 Å².